The van der Waals surface area contributed by atoms with Crippen LogP contribution in [0.25, 0.3) is 0 Å². The van der Waals surface area contributed by atoms with Crippen LogP contribution >= 0.6 is 0 Å². The lowest BCUT2D eigenvalue weighted by Crippen LogP contribution is -2.21. The minimum atomic E-state index is -1.22. The molecule has 0 amide bonds. The first-order valence-corrected chi connectivity index (χ1v) is 8.36. The summed E-state index contributed by atoms with van der Waals surface area (Å²) in [4.78, 5) is 26.6. The average molecular weight is 351 g/mol. The van der Waals surface area contributed by atoms with E-state index in [1.165, 1.54) is 18.2 Å². The number of carbonyl (C=O) groups excluding carboxylic acids is 1. The molecule has 0 bridgehead atoms. The van der Waals surface area contributed by atoms with Gasteiger partial charge in [0, 0.05) is 30.4 Å². The molecule has 5 heteroatoms. The molecule has 2 rings (SSSR count). The normalized spacial score (nSPS) is 9.96. The van der Waals surface area contributed by atoms with Gasteiger partial charge in [-0.05, 0) is 45.0 Å². The lowest BCUT2D eigenvalue weighted by Gasteiger charge is -2.21. The summed E-state index contributed by atoms with van der Waals surface area (Å²) in [6.07, 6.45) is 0. The molecule has 0 saturated heterocycles. The quantitative estimate of drug-likeness (QED) is 0.615. The summed E-state index contributed by atoms with van der Waals surface area (Å²) in [5.74, 6) is 3.49. The van der Waals surface area contributed by atoms with Crippen LogP contribution in [-0.4, -0.2) is 35.1 Å². The van der Waals surface area contributed by atoms with Gasteiger partial charge in [-0.2, -0.15) is 0 Å². The van der Waals surface area contributed by atoms with Crippen molar-refractivity contribution in [3.8, 4) is 17.6 Å². The summed E-state index contributed by atoms with van der Waals surface area (Å²) in [5, 5.41) is 19.8. The van der Waals surface area contributed by atoms with Crippen LogP contribution in [0.5, 0.6) is 5.75 Å². The molecule has 2 N–H and O–H groups in total. The minimum Gasteiger partial charge on any atom is -0.507 e. The van der Waals surface area contributed by atoms with Crippen molar-refractivity contribution in [2.75, 3.05) is 18.0 Å². The van der Waals surface area contributed by atoms with Crippen LogP contribution in [-0.2, 0) is 0 Å². The summed E-state index contributed by atoms with van der Waals surface area (Å²) in [6, 6.07) is 9.29. The molecule has 0 unspecified atom stereocenters. The monoisotopic (exact) mass is 351 g/mol. The highest BCUT2D eigenvalue weighted by Crippen LogP contribution is 2.28. The second-order valence-corrected chi connectivity index (χ2v) is 5.61. The Morgan fingerprint density at radius 2 is 1.77 bits per heavy atom. The Labute approximate surface area is 152 Å². The fourth-order valence-electron chi connectivity index (χ4n) is 2.85. The number of hydrogen-bond acceptors (Lipinski definition) is 4. The van der Waals surface area contributed by atoms with Gasteiger partial charge in [-0.3, -0.25) is 4.79 Å². The number of ketones is 1. The van der Waals surface area contributed by atoms with Crippen molar-refractivity contribution >= 4 is 17.4 Å². The maximum atomic E-state index is 13.0. The Balaban J connectivity index is 2.59. The largest absolute Gasteiger partial charge is 0.507 e. The van der Waals surface area contributed by atoms with Crippen LogP contribution in [0, 0.1) is 11.8 Å². The van der Waals surface area contributed by atoms with E-state index in [0.29, 0.717) is 5.56 Å². The maximum Gasteiger partial charge on any atom is 0.336 e. The van der Waals surface area contributed by atoms with Crippen LogP contribution in [0.15, 0.2) is 36.4 Å². The van der Waals surface area contributed by atoms with Crippen molar-refractivity contribution in [1.29, 1.82) is 0 Å². The van der Waals surface area contributed by atoms with E-state index in [2.05, 4.69) is 11.8 Å². The topological polar surface area (TPSA) is 77.8 Å². The number of phenolic OH excluding ortho intramolecular Hbond substituents is 1. The van der Waals surface area contributed by atoms with Crippen molar-refractivity contribution in [2.24, 2.45) is 0 Å². The predicted molar refractivity (Wildman–Crippen MR) is 101 cm³/mol. The van der Waals surface area contributed by atoms with Gasteiger partial charge in [0.2, 0.25) is 0 Å². The lowest BCUT2D eigenvalue weighted by atomic mass is 9.93. The molecular weight excluding hydrogens is 330 g/mol. The molecule has 0 spiro atoms. The number of anilines is 1. The zero-order valence-electron chi connectivity index (χ0n) is 15.0. The number of nitrogens with zero attached hydrogens (tertiary/aromatic N) is 1. The van der Waals surface area contributed by atoms with Gasteiger partial charge >= 0.3 is 5.97 Å². The van der Waals surface area contributed by atoms with E-state index in [-0.39, 0.29) is 22.4 Å². The Bertz CT molecular complexity index is 902. The van der Waals surface area contributed by atoms with Crippen LogP contribution in [0.1, 0.15) is 52.6 Å². The summed E-state index contributed by atoms with van der Waals surface area (Å²) in [7, 11) is 0. The van der Waals surface area contributed by atoms with Gasteiger partial charge in [-0.1, -0.05) is 12.0 Å². The molecule has 0 fully saturated rings. The lowest BCUT2D eigenvalue weighted by molar-refractivity contribution is 0.0692. The number of carboxylic acids is 1. The number of hydrogen-bond donors (Lipinski definition) is 2. The first-order valence-electron chi connectivity index (χ1n) is 8.36. The standard InChI is InChI=1S/C21H21NO4/c1-4-8-14-9-7-10-17(21(25)26)19(14)20(24)16-12-11-15(13-18(16)23)22(5-2)6-3/h7,9-13,23H,5-6H2,1-3H3,(H,25,26). The third-order valence-electron chi connectivity index (χ3n) is 4.14. The van der Waals surface area contributed by atoms with E-state index < -0.39 is 11.8 Å². The van der Waals surface area contributed by atoms with Crippen molar-refractivity contribution in [1.82, 2.24) is 0 Å². The Kier molecular flexibility index (Phi) is 6.03. The summed E-state index contributed by atoms with van der Waals surface area (Å²) in [6.45, 7) is 7.14. The van der Waals surface area contributed by atoms with Gasteiger partial charge in [-0.15, -0.1) is 5.92 Å². The molecule has 5 nitrogen and oxygen atoms in total. The number of rotatable bonds is 6. The van der Waals surface area contributed by atoms with E-state index in [9.17, 15) is 19.8 Å². The van der Waals surface area contributed by atoms with Gasteiger partial charge in [0.05, 0.1) is 16.7 Å². The Hall–Kier alpha value is -3.26. The number of benzene rings is 2. The summed E-state index contributed by atoms with van der Waals surface area (Å²) in [5.41, 5.74) is 1.02. The molecule has 0 heterocycles. The molecule has 0 radical (unpaired) electrons. The number of aromatic carboxylic acids is 1. The van der Waals surface area contributed by atoms with Crippen LogP contribution in [0.3, 0.4) is 0 Å². The van der Waals surface area contributed by atoms with E-state index in [1.807, 2.05) is 18.7 Å². The molecule has 0 saturated carbocycles. The molecule has 134 valence electrons. The zero-order chi connectivity index (χ0) is 19.3. The van der Waals surface area contributed by atoms with Crippen molar-refractivity contribution in [3.05, 3.63) is 58.7 Å². The van der Waals surface area contributed by atoms with E-state index in [4.69, 9.17) is 0 Å². The van der Waals surface area contributed by atoms with Crippen LogP contribution in [0.4, 0.5) is 5.69 Å². The number of carboxylic acid groups (broad SMARTS) is 1. The highest BCUT2D eigenvalue weighted by atomic mass is 16.4. The van der Waals surface area contributed by atoms with E-state index in [0.717, 1.165) is 18.8 Å². The fourth-order valence-corrected chi connectivity index (χ4v) is 2.85. The third-order valence-corrected chi connectivity index (χ3v) is 4.14. The SMILES string of the molecule is CC#Cc1cccc(C(=O)O)c1C(=O)c1ccc(N(CC)CC)cc1O. The molecule has 2 aromatic carbocycles. The van der Waals surface area contributed by atoms with Crippen molar-refractivity contribution in [2.45, 2.75) is 20.8 Å². The highest BCUT2D eigenvalue weighted by molar-refractivity contribution is 6.17. The Morgan fingerprint density at radius 3 is 2.31 bits per heavy atom. The molecule has 0 aliphatic heterocycles. The first-order chi connectivity index (χ1) is 12.4. The average Bonchev–Trinajstić information content (AvgIpc) is 2.62. The van der Waals surface area contributed by atoms with E-state index in [1.54, 1.807) is 25.1 Å². The van der Waals surface area contributed by atoms with Gasteiger partial charge in [0.15, 0.2) is 5.78 Å². The smallest absolute Gasteiger partial charge is 0.336 e. The summed E-state index contributed by atoms with van der Waals surface area (Å²) >= 11 is 0. The molecule has 26 heavy (non-hydrogen) atoms. The second-order valence-electron chi connectivity index (χ2n) is 5.61. The fraction of sp³-hybridized carbons (Fsp3) is 0.238. The summed E-state index contributed by atoms with van der Waals surface area (Å²) < 4.78 is 0. The van der Waals surface area contributed by atoms with Gasteiger partial charge in [0.1, 0.15) is 5.75 Å². The highest BCUT2D eigenvalue weighted by Gasteiger charge is 2.23. The number of aromatic hydroxyl groups is 1. The third kappa shape index (κ3) is 3.70. The molecule has 0 aliphatic carbocycles. The van der Waals surface area contributed by atoms with Crippen molar-refractivity contribution < 1.29 is 19.8 Å². The molecule has 0 atom stereocenters. The van der Waals surface area contributed by atoms with Gasteiger partial charge in [-0.25, -0.2) is 4.79 Å². The molecule has 2 aromatic rings. The second kappa shape index (κ2) is 8.21. The van der Waals surface area contributed by atoms with Crippen molar-refractivity contribution in [3.63, 3.8) is 0 Å². The number of carbonyl (C=O) groups is 2. The Morgan fingerprint density at radius 1 is 1.08 bits per heavy atom. The van der Waals surface area contributed by atoms with E-state index >= 15 is 0 Å². The van der Waals surface area contributed by atoms with Gasteiger partial charge < -0.3 is 15.1 Å². The minimum absolute atomic E-state index is 0.0137. The van der Waals surface area contributed by atoms with Crippen LogP contribution < -0.4 is 4.90 Å². The van der Waals surface area contributed by atoms with Gasteiger partial charge in [0.25, 0.3) is 0 Å². The maximum absolute atomic E-state index is 13.0. The number of phenols is 1. The molecular formula is C21H21NO4. The zero-order valence-corrected chi connectivity index (χ0v) is 15.0. The predicted octanol–water partition coefficient (Wildman–Crippen LogP) is 3.54. The molecule has 0 aromatic heterocycles. The molecule has 0 aliphatic rings. The van der Waals surface area contributed by atoms with Crippen LogP contribution in [0.2, 0.25) is 0 Å². The first kappa shape index (κ1) is 19.1.